The number of rotatable bonds is 5. The van der Waals surface area contributed by atoms with E-state index in [1.165, 1.54) is 18.4 Å². The molecule has 2 aromatic rings. The van der Waals surface area contributed by atoms with Crippen molar-refractivity contribution < 1.29 is 9.53 Å². The lowest BCUT2D eigenvalue weighted by Gasteiger charge is -2.10. The Morgan fingerprint density at radius 2 is 2.16 bits per heavy atom. The molecule has 7 heteroatoms. The Labute approximate surface area is 119 Å². The van der Waals surface area contributed by atoms with Gasteiger partial charge in [0.25, 0.3) is 5.91 Å². The molecule has 0 aliphatic heterocycles. The molecule has 0 bridgehead atoms. The molecule has 1 atom stereocenters. The number of anilines is 1. The fraction of sp³-hybridized carbons (Fsp3) is 0.250. The molecule has 0 aliphatic carbocycles. The van der Waals surface area contributed by atoms with Gasteiger partial charge in [-0.05, 0) is 31.2 Å². The van der Waals surface area contributed by atoms with Crippen LogP contribution in [0.15, 0.2) is 39.0 Å². The van der Waals surface area contributed by atoms with Crippen LogP contribution in [-0.4, -0.2) is 29.3 Å². The maximum Gasteiger partial charge on any atom is 0.253 e. The Bertz CT molecular complexity index is 528. The van der Waals surface area contributed by atoms with Gasteiger partial charge in [-0.15, -0.1) is 10.2 Å². The van der Waals surface area contributed by atoms with Gasteiger partial charge in [0.05, 0.1) is 0 Å². The predicted molar refractivity (Wildman–Crippen MR) is 75.6 cm³/mol. The third kappa shape index (κ3) is 4.02. The number of methoxy groups -OCH3 is 1. The van der Waals surface area contributed by atoms with Crippen LogP contribution in [0.1, 0.15) is 6.92 Å². The highest BCUT2D eigenvalue weighted by Gasteiger charge is 2.11. The number of carbonyl (C=O) groups is 1. The SMILES string of the molecule is CO[C@@H](C)C(=O)Nc1ccc(Sc2nncs2)cc1. The van der Waals surface area contributed by atoms with Gasteiger partial charge >= 0.3 is 0 Å². The average molecular weight is 295 g/mol. The first kappa shape index (κ1) is 14.0. The molecule has 0 fully saturated rings. The predicted octanol–water partition coefficient (Wildman–Crippen LogP) is 2.66. The van der Waals surface area contributed by atoms with Crippen molar-refractivity contribution in [1.82, 2.24) is 10.2 Å². The molecule has 1 amide bonds. The summed E-state index contributed by atoms with van der Waals surface area (Å²) in [6.45, 7) is 1.70. The molecule has 100 valence electrons. The third-order valence-corrected chi connectivity index (χ3v) is 4.18. The Morgan fingerprint density at radius 3 is 2.74 bits per heavy atom. The van der Waals surface area contributed by atoms with Crippen molar-refractivity contribution in [2.45, 2.75) is 22.3 Å². The topological polar surface area (TPSA) is 64.1 Å². The van der Waals surface area contributed by atoms with Crippen LogP contribution >= 0.6 is 23.1 Å². The van der Waals surface area contributed by atoms with Crippen LogP contribution in [0.3, 0.4) is 0 Å². The number of nitrogens with one attached hydrogen (secondary N) is 1. The normalized spacial score (nSPS) is 12.1. The zero-order valence-corrected chi connectivity index (χ0v) is 12.1. The number of hydrogen-bond acceptors (Lipinski definition) is 6. The summed E-state index contributed by atoms with van der Waals surface area (Å²) in [6.07, 6.45) is -0.463. The Kier molecular flexibility index (Phi) is 4.89. The van der Waals surface area contributed by atoms with Crippen LogP contribution in [0, 0.1) is 0 Å². The van der Waals surface area contributed by atoms with E-state index in [9.17, 15) is 4.79 Å². The minimum absolute atomic E-state index is 0.160. The van der Waals surface area contributed by atoms with Crippen LogP contribution in [0.2, 0.25) is 0 Å². The molecule has 5 nitrogen and oxygen atoms in total. The minimum atomic E-state index is -0.463. The van der Waals surface area contributed by atoms with Gasteiger partial charge in [0.15, 0.2) is 4.34 Å². The summed E-state index contributed by atoms with van der Waals surface area (Å²) >= 11 is 3.03. The number of ether oxygens (including phenoxy) is 1. The zero-order valence-electron chi connectivity index (χ0n) is 10.5. The molecule has 0 unspecified atom stereocenters. The summed E-state index contributed by atoms with van der Waals surface area (Å²) < 4.78 is 5.84. The van der Waals surface area contributed by atoms with Gasteiger partial charge in [-0.1, -0.05) is 23.1 Å². The number of benzene rings is 1. The smallest absolute Gasteiger partial charge is 0.253 e. The molecule has 1 aromatic carbocycles. The Hall–Kier alpha value is -1.44. The van der Waals surface area contributed by atoms with Crippen LogP contribution in [-0.2, 0) is 9.53 Å². The first-order valence-corrected chi connectivity index (χ1v) is 7.26. The maximum absolute atomic E-state index is 11.6. The number of carbonyl (C=O) groups excluding carboxylic acids is 1. The molecule has 0 saturated heterocycles. The van der Waals surface area contributed by atoms with Gasteiger partial charge in [-0.25, -0.2) is 0 Å². The van der Waals surface area contributed by atoms with Crippen LogP contribution < -0.4 is 5.32 Å². The van der Waals surface area contributed by atoms with Gasteiger partial charge < -0.3 is 10.1 Å². The highest BCUT2D eigenvalue weighted by atomic mass is 32.2. The van der Waals surface area contributed by atoms with E-state index in [2.05, 4.69) is 15.5 Å². The summed E-state index contributed by atoms with van der Waals surface area (Å²) in [5.74, 6) is -0.160. The minimum Gasteiger partial charge on any atom is -0.372 e. The van der Waals surface area contributed by atoms with Crippen LogP contribution in [0.5, 0.6) is 0 Å². The summed E-state index contributed by atoms with van der Waals surface area (Å²) in [4.78, 5) is 12.7. The number of nitrogens with zero attached hydrogens (tertiary/aromatic N) is 2. The lowest BCUT2D eigenvalue weighted by Crippen LogP contribution is -2.26. The first-order chi connectivity index (χ1) is 9.19. The molecule has 0 radical (unpaired) electrons. The van der Waals surface area contributed by atoms with Gasteiger partial charge in [0.2, 0.25) is 0 Å². The lowest BCUT2D eigenvalue weighted by molar-refractivity contribution is -0.124. The summed E-state index contributed by atoms with van der Waals surface area (Å²) in [5.41, 5.74) is 2.44. The number of hydrogen-bond donors (Lipinski definition) is 1. The van der Waals surface area contributed by atoms with E-state index in [1.807, 2.05) is 24.3 Å². The van der Waals surface area contributed by atoms with Crippen LogP contribution in [0.25, 0.3) is 0 Å². The lowest BCUT2D eigenvalue weighted by atomic mass is 10.3. The van der Waals surface area contributed by atoms with Crippen molar-refractivity contribution in [2.24, 2.45) is 0 Å². The van der Waals surface area contributed by atoms with Crippen molar-refractivity contribution in [3.63, 3.8) is 0 Å². The zero-order chi connectivity index (χ0) is 13.7. The van der Waals surface area contributed by atoms with E-state index in [-0.39, 0.29) is 5.91 Å². The van der Waals surface area contributed by atoms with Gasteiger partial charge in [-0.2, -0.15) is 0 Å². The Morgan fingerprint density at radius 1 is 1.42 bits per heavy atom. The summed E-state index contributed by atoms with van der Waals surface area (Å²) in [5, 5.41) is 10.5. The third-order valence-electron chi connectivity index (χ3n) is 2.39. The van der Waals surface area contributed by atoms with Crippen molar-refractivity contribution in [1.29, 1.82) is 0 Å². The van der Waals surface area contributed by atoms with Gasteiger partial charge in [0.1, 0.15) is 11.6 Å². The standard InChI is InChI=1S/C12H13N3O2S2/c1-8(17-2)11(16)14-9-3-5-10(6-4-9)19-12-15-13-7-18-12/h3-8H,1-2H3,(H,14,16)/t8-/m0/s1. The molecule has 1 aromatic heterocycles. The second-order valence-electron chi connectivity index (χ2n) is 3.70. The van der Waals surface area contributed by atoms with Crippen molar-refractivity contribution in [3.05, 3.63) is 29.8 Å². The molecule has 19 heavy (non-hydrogen) atoms. The fourth-order valence-electron chi connectivity index (χ4n) is 1.27. The van der Waals surface area contributed by atoms with E-state index in [0.29, 0.717) is 0 Å². The first-order valence-electron chi connectivity index (χ1n) is 5.57. The highest BCUT2D eigenvalue weighted by molar-refractivity contribution is 8.01. The van der Waals surface area contributed by atoms with Gasteiger partial charge in [-0.3, -0.25) is 4.79 Å². The quantitative estimate of drug-likeness (QED) is 0.918. The summed E-state index contributed by atoms with van der Waals surface area (Å²) in [6, 6.07) is 7.56. The average Bonchev–Trinajstić information content (AvgIpc) is 2.93. The van der Waals surface area contributed by atoms with E-state index in [4.69, 9.17) is 4.74 Å². The summed E-state index contributed by atoms with van der Waals surface area (Å²) in [7, 11) is 1.51. The molecule has 0 saturated carbocycles. The van der Waals surface area contributed by atoms with Crippen LogP contribution in [0.4, 0.5) is 5.69 Å². The molecule has 2 rings (SSSR count). The number of aromatic nitrogens is 2. The van der Waals surface area contributed by atoms with E-state index < -0.39 is 6.10 Å². The van der Waals surface area contributed by atoms with E-state index >= 15 is 0 Å². The van der Waals surface area contributed by atoms with Gasteiger partial charge in [0, 0.05) is 17.7 Å². The molecule has 0 spiro atoms. The Balaban J connectivity index is 1.96. The molecule has 1 heterocycles. The second kappa shape index (κ2) is 6.65. The highest BCUT2D eigenvalue weighted by Crippen LogP contribution is 2.29. The van der Waals surface area contributed by atoms with Crippen molar-refractivity contribution in [3.8, 4) is 0 Å². The van der Waals surface area contributed by atoms with Crippen molar-refractivity contribution in [2.75, 3.05) is 12.4 Å². The fourth-order valence-corrected chi connectivity index (χ4v) is 2.72. The van der Waals surface area contributed by atoms with Crippen molar-refractivity contribution >= 4 is 34.7 Å². The second-order valence-corrected chi connectivity index (χ2v) is 5.85. The molecule has 0 aliphatic rings. The number of amides is 1. The molecular weight excluding hydrogens is 282 g/mol. The largest absolute Gasteiger partial charge is 0.372 e. The van der Waals surface area contributed by atoms with E-state index in [0.717, 1.165) is 14.9 Å². The van der Waals surface area contributed by atoms with E-state index in [1.54, 1.807) is 24.2 Å². The monoisotopic (exact) mass is 295 g/mol. The molecule has 1 N–H and O–H groups in total. The molecular formula is C12H13N3O2S2. The maximum atomic E-state index is 11.6.